The molecule has 0 fully saturated rings. The molecule has 0 amide bonds. The van der Waals surface area contributed by atoms with Gasteiger partial charge in [0.25, 0.3) is 0 Å². The highest BCUT2D eigenvalue weighted by Crippen LogP contribution is 2.46. The van der Waals surface area contributed by atoms with Crippen molar-refractivity contribution < 1.29 is 8.22 Å². The lowest BCUT2D eigenvalue weighted by Gasteiger charge is -2.29. The third-order valence-electron chi connectivity index (χ3n) is 14.4. The molecule has 2 nitrogen and oxygen atoms in total. The fraction of sp³-hybridized carbons (Fsp3) is 0. The summed E-state index contributed by atoms with van der Waals surface area (Å²) in [5.41, 5.74) is 21.3. The molecule has 78 heavy (non-hydrogen) atoms. The number of hydrogen-bond acceptors (Lipinski definition) is 2. The monoisotopic (exact) mass is 1000 g/mol. The van der Waals surface area contributed by atoms with Crippen LogP contribution in [-0.4, -0.2) is 0 Å². The van der Waals surface area contributed by atoms with Gasteiger partial charge in [0.05, 0.1) is 19.6 Å². The summed E-state index contributed by atoms with van der Waals surface area (Å²) in [6, 6.07) is 104. The maximum atomic E-state index is 8.41. The minimum absolute atomic E-state index is 0.123. The second-order valence-electron chi connectivity index (χ2n) is 19.2. The summed E-state index contributed by atoms with van der Waals surface area (Å²) in [6.45, 7) is -1.05. The Labute approximate surface area is 467 Å². The maximum Gasteiger partial charge on any atom is 0.0623 e. The van der Waals surface area contributed by atoms with Gasteiger partial charge in [0.15, 0.2) is 0 Å². The zero-order valence-electron chi connectivity index (χ0n) is 48.8. The fourth-order valence-corrected chi connectivity index (χ4v) is 10.4. The molecule has 12 aromatic carbocycles. The Balaban J connectivity index is 0.943. The molecule has 12 aromatic rings. The summed E-state index contributed by atoms with van der Waals surface area (Å²) < 4.78 is 48.2. The molecule has 0 aliphatic heterocycles. The van der Waals surface area contributed by atoms with Crippen LogP contribution in [-0.2, 0) is 0 Å². The van der Waals surface area contributed by atoms with Crippen molar-refractivity contribution in [2.75, 3.05) is 9.80 Å². The highest BCUT2D eigenvalue weighted by Gasteiger charge is 2.21. The molecule has 0 heterocycles. The molecule has 0 aromatic heterocycles. The van der Waals surface area contributed by atoms with Crippen molar-refractivity contribution in [3.63, 3.8) is 0 Å². The van der Waals surface area contributed by atoms with E-state index in [0.29, 0.717) is 11.1 Å². The normalized spacial score (nSPS) is 11.9. The van der Waals surface area contributed by atoms with Gasteiger partial charge in [-0.25, -0.2) is 0 Å². The van der Waals surface area contributed by atoms with Gasteiger partial charge in [0, 0.05) is 33.9 Å². The Morgan fingerprint density at radius 2 is 0.500 bits per heavy atom. The maximum absolute atomic E-state index is 8.41. The molecule has 0 aliphatic carbocycles. The van der Waals surface area contributed by atoms with Crippen molar-refractivity contribution >= 4 is 46.2 Å². The minimum Gasteiger partial charge on any atom is -0.310 e. The van der Waals surface area contributed by atoms with E-state index in [1.807, 2.05) is 60.7 Å². The van der Waals surface area contributed by atoms with Crippen LogP contribution in [0.4, 0.5) is 34.1 Å². The lowest BCUT2D eigenvalue weighted by Crippen LogP contribution is -2.11. The van der Waals surface area contributed by atoms with E-state index in [0.717, 1.165) is 112 Å². The molecular formula is C76H56N2. The largest absolute Gasteiger partial charge is 0.310 e. The number of rotatable bonds is 15. The van der Waals surface area contributed by atoms with Gasteiger partial charge in [-0.1, -0.05) is 244 Å². The molecular weight excluding hydrogens is 941 g/mol. The van der Waals surface area contributed by atoms with Gasteiger partial charge < -0.3 is 9.80 Å². The smallest absolute Gasteiger partial charge is 0.0623 e. The highest BCUT2D eigenvalue weighted by molar-refractivity contribution is 5.94. The third kappa shape index (κ3) is 10.3. The predicted molar refractivity (Wildman–Crippen MR) is 334 cm³/mol. The average Bonchev–Trinajstić information content (AvgIpc) is 2.82. The zero-order valence-corrected chi connectivity index (χ0v) is 42.8. The van der Waals surface area contributed by atoms with Crippen LogP contribution in [0, 0.1) is 0 Å². The highest BCUT2D eigenvalue weighted by atomic mass is 15.1. The molecule has 0 atom stereocenters. The van der Waals surface area contributed by atoms with E-state index >= 15 is 0 Å². The molecule has 0 N–H and O–H groups in total. The second-order valence-corrected chi connectivity index (χ2v) is 19.2. The fourth-order valence-electron chi connectivity index (χ4n) is 10.4. The van der Waals surface area contributed by atoms with Crippen LogP contribution >= 0.6 is 0 Å². The Hall–Kier alpha value is -10.3. The first kappa shape index (κ1) is 42.0. The molecule has 2 heteroatoms. The SMILES string of the molecule is [2H]C([2H])=C([2H])c1cccc(-c2ccc(N(c3ccc(-c4ccccc4)cc3)c3ccc(-c4ccc(N(c5ccc(-c6ccccc6)cc5)c5ccc(-c6cccc(C([2H])=C([2H])[2H])c6)cc5-c5ccccc5)cc4)cc3)c(-c3ccccc3)c2)c1. The van der Waals surface area contributed by atoms with Crippen molar-refractivity contribution in [1.82, 2.24) is 0 Å². The molecule has 0 bridgehead atoms. The van der Waals surface area contributed by atoms with Gasteiger partial charge in [-0.15, -0.1) is 0 Å². The Morgan fingerprint density at radius 1 is 0.244 bits per heavy atom. The predicted octanol–water partition coefficient (Wildman–Crippen LogP) is 21.6. The van der Waals surface area contributed by atoms with Gasteiger partial charge >= 0.3 is 0 Å². The molecule has 0 aliphatic rings. The first-order chi connectivity index (χ1) is 41.1. The first-order valence-electron chi connectivity index (χ1n) is 29.1. The molecule has 0 saturated heterocycles. The number of benzene rings is 12. The van der Waals surface area contributed by atoms with E-state index in [4.69, 9.17) is 8.22 Å². The standard InChI is InChI=1S/C76H56N2/c1-3-55-19-17-29-65(51-55)67-39-49-75(73(53-67)63-25-13-7-14-26-63)77(69-41-31-59(32-42-69)57-21-9-5-10-22-57)71-45-35-61(36-46-71)62-37-47-72(48-38-62)78(70-43-33-60(34-44-70)58-23-11-6-12-24-58)76-50-40-68(66-30-18-20-56(4-2)52-66)54-74(76)64-27-15-8-16-28-64/h3-54H,1-2H2/i1D2,2D2,3D,4D. The number of hydrogen-bond donors (Lipinski definition) is 0. The lowest BCUT2D eigenvalue weighted by atomic mass is 9.95. The van der Waals surface area contributed by atoms with E-state index in [2.05, 4.69) is 240 Å². The number of anilines is 6. The van der Waals surface area contributed by atoms with E-state index in [-0.39, 0.29) is 12.1 Å². The molecule has 0 spiro atoms. The molecule has 0 unspecified atom stereocenters. The summed E-state index contributed by atoms with van der Waals surface area (Å²) >= 11 is 0. The van der Waals surface area contributed by atoms with Gasteiger partial charge in [-0.05, 0) is 163 Å². The average molecular weight is 1000 g/mol. The van der Waals surface area contributed by atoms with Crippen molar-refractivity contribution in [2.24, 2.45) is 0 Å². The van der Waals surface area contributed by atoms with Crippen LogP contribution in [0.2, 0.25) is 0 Å². The van der Waals surface area contributed by atoms with Crippen LogP contribution in [0.1, 0.15) is 19.4 Å². The summed E-state index contributed by atoms with van der Waals surface area (Å²) in [5, 5.41) is 0. The quantitative estimate of drug-likeness (QED) is 0.101. The van der Waals surface area contributed by atoms with E-state index in [9.17, 15) is 0 Å². The molecule has 0 radical (unpaired) electrons. The first-order valence-corrected chi connectivity index (χ1v) is 26.1. The Morgan fingerprint density at radius 3 is 0.808 bits per heavy atom. The Bertz CT molecular complexity index is 4030. The van der Waals surface area contributed by atoms with E-state index in [1.165, 1.54) is 0 Å². The van der Waals surface area contributed by atoms with Crippen molar-refractivity contribution in [3.8, 4) is 77.9 Å². The summed E-state index contributed by atoms with van der Waals surface area (Å²) in [6.07, 6.45) is 0. The van der Waals surface area contributed by atoms with Crippen LogP contribution in [0.3, 0.4) is 0 Å². The third-order valence-corrected chi connectivity index (χ3v) is 14.4. The topological polar surface area (TPSA) is 6.48 Å². The van der Waals surface area contributed by atoms with Crippen molar-refractivity contribution in [3.05, 3.63) is 328 Å². The van der Waals surface area contributed by atoms with Gasteiger partial charge in [0.2, 0.25) is 0 Å². The van der Waals surface area contributed by atoms with Crippen LogP contribution in [0.15, 0.2) is 316 Å². The van der Waals surface area contributed by atoms with E-state index in [1.54, 1.807) is 12.1 Å². The molecule has 12 rings (SSSR count). The molecule has 370 valence electrons. The summed E-state index contributed by atoms with van der Waals surface area (Å²) in [5.74, 6) is 0. The van der Waals surface area contributed by atoms with Crippen LogP contribution < -0.4 is 9.80 Å². The van der Waals surface area contributed by atoms with Crippen molar-refractivity contribution in [1.29, 1.82) is 0 Å². The van der Waals surface area contributed by atoms with Crippen LogP contribution in [0.25, 0.3) is 90.0 Å². The lowest BCUT2D eigenvalue weighted by molar-refractivity contribution is 1.28. The summed E-state index contributed by atoms with van der Waals surface area (Å²) in [7, 11) is 0. The van der Waals surface area contributed by atoms with E-state index < -0.39 is 13.1 Å². The zero-order chi connectivity index (χ0) is 57.5. The van der Waals surface area contributed by atoms with Crippen LogP contribution in [0.5, 0.6) is 0 Å². The van der Waals surface area contributed by atoms with Gasteiger partial charge in [-0.2, -0.15) is 0 Å². The van der Waals surface area contributed by atoms with Gasteiger partial charge in [-0.3, -0.25) is 0 Å². The second kappa shape index (κ2) is 22.3. The van der Waals surface area contributed by atoms with Crippen molar-refractivity contribution in [2.45, 2.75) is 0 Å². The summed E-state index contributed by atoms with van der Waals surface area (Å²) in [4.78, 5) is 4.62. The minimum atomic E-state index is -0.525. The Kier molecular flexibility index (Phi) is 12.0. The van der Waals surface area contributed by atoms with Gasteiger partial charge in [0.1, 0.15) is 0 Å². The molecule has 0 saturated carbocycles. The number of nitrogens with zero attached hydrogens (tertiary/aromatic N) is 2.